The van der Waals surface area contributed by atoms with E-state index in [1.54, 1.807) is 11.0 Å². The first-order chi connectivity index (χ1) is 18.1. The summed E-state index contributed by atoms with van der Waals surface area (Å²) in [4.78, 5) is 44.6. The third-order valence-corrected chi connectivity index (χ3v) is 8.99. The van der Waals surface area contributed by atoms with E-state index in [1.807, 2.05) is 39.0 Å². The number of carbonyl (C=O) groups excluding carboxylic acids is 2. The molecule has 1 aliphatic heterocycles. The molecule has 2 heterocycles. The molecule has 204 valence electrons. The molecule has 7 nitrogen and oxygen atoms in total. The summed E-state index contributed by atoms with van der Waals surface area (Å²) in [6.07, 6.45) is 8.82. The molecule has 3 unspecified atom stereocenters. The summed E-state index contributed by atoms with van der Waals surface area (Å²) in [7, 11) is 0. The van der Waals surface area contributed by atoms with E-state index in [4.69, 9.17) is 0 Å². The molecule has 2 aliphatic rings. The van der Waals surface area contributed by atoms with E-state index in [2.05, 4.69) is 23.3 Å². The van der Waals surface area contributed by atoms with Crippen LogP contribution in [0.15, 0.2) is 29.1 Å². The van der Waals surface area contributed by atoms with Gasteiger partial charge in [0.1, 0.15) is 12.1 Å². The summed E-state index contributed by atoms with van der Waals surface area (Å²) in [6, 6.07) is 8.22. The van der Waals surface area contributed by atoms with E-state index in [9.17, 15) is 19.6 Å². The van der Waals surface area contributed by atoms with E-state index in [0.29, 0.717) is 24.4 Å². The van der Waals surface area contributed by atoms with Gasteiger partial charge in [-0.3, -0.25) is 14.4 Å². The van der Waals surface area contributed by atoms with Gasteiger partial charge in [0, 0.05) is 30.5 Å². The average molecular weight is 519 g/mol. The van der Waals surface area contributed by atoms with Gasteiger partial charge < -0.3 is 15.2 Å². The zero-order valence-electron chi connectivity index (χ0n) is 23.3. The van der Waals surface area contributed by atoms with Gasteiger partial charge in [-0.05, 0) is 60.6 Å². The van der Waals surface area contributed by atoms with Crippen molar-refractivity contribution >= 4 is 22.7 Å². The predicted molar refractivity (Wildman–Crippen MR) is 149 cm³/mol. The number of hydrogen-bond donors (Lipinski definition) is 2. The monoisotopic (exact) mass is 518 g/mol. The fraction of sp³-hybridized carbons (Fsp3) is 0.613. The number of hydrogen-bond acceptors (Lipinski definition) is 4. The van der Waals surface area contributed by atoms with Crippen LogP contribution in [0.2, 0.25) is 0 Å². The SMILES string of the molecule is Cc1ccc2[nH]c(=O)c(CC(C#N)NC(=O)C3N(C(=O)CC4CCCCCCC4)CC(C)C3(C)C)cc2c1. The van der Waals surface area contributed by atoms with Crippen molar-refractivity contribution < 1.29 is 9.59 Å². The fourth-order valence-electron chi connectivity index (χ4n) is 6.26. The molecule has 1 saturated heterocycles. The Bertz CT molecular complexity index is 1270. The lowest BCUT2D eigenvalue weighted by molar-refractivity contribution is -0.141. The second-order valence-electron chi connectivity index (χ2n) is 12.2. The Labute approximate surface area is 226 Å². The third-order valence-electron chi connectivity index (χ3n) is 8.99. The average Bonchev–Trinajstić information content (AvgIpc) is 3.09. The van der Waals surface area contributed by atoms with Crippen molar-refractivity contribution in [3.63, 3.8) is 0 Å². The molecule has 7 heteroatoms. The second-order valence-corrected chi connectivity index (χ2v) is 12.2. The van der Waals surface area contributed by atoms with Gasteiger partial charge in [-0.15, -0.1) is 0 Å². The number of amides is 2. The highest BCUT2D eigenvalue weighted by Gasteiger charge is 2.51. The number of likely N-dealkylation sites (tertiary alicyclic amines) is 1. The zero-order valence-corrected chi connectivity index (χ0v) is 23.3. The molecule has 2 amide bonds. The molecule has 3 atom stereocenters. The van der Waals surface area contributed by atoms with Gasteiger partial charge in [0.25, 0.3) is 5.56 Å². The molecule has 1 aromatic carbocycles. The topological polar surface area (TPSA) is 106 Å². The van der Waals surface area contributed by atoms with E-state index in [0.717, 1.165) is 29.3 Å². The Balaban J connectivity index is 1.49. The van der Waals surface area contributed by atoms with Crippen LogP contribution in [-0.2, 0) is 16.0 Å². The molecule has 2 fully saturated rings. The normalized spacial score (nSPS) is 22.9. The molecule has 0 bridgehead atoms. The standard InChI is InChI=1S/C31H42N4O3/c1-20-12-13-26-23(14-20)16-24(29(37)34-26)17-25(18-32)33-30(38)28-31(3,4)21(2)19-35(28)27(36)15-22-10-8-6-5-7-9-11-22/h12-14,16,21-22,25,28H,5-11,15,17,19H2,1-4H3,(H,33,38)(H,34,37). The van der Waals surface area contributed by atoms with Gasteiger partial charge in [-0.1, -0.05) is 64.5 Å². The zero-order chi connectivity index (χ0) is 27.4. The maximum atomic E-state index is 13.7. The second kappa shape index (κ2) is 11.7. The summed E-state index contributed by atoms with van der Waals surface area (Å²) in [5.74, 6) is 0.250. The number of H-pyrrole nitrogens is 1. The highest BCUT2D eigenvalue weighted by molar-refractivity contribution is 5.89. The van der Waals surface area contributed by atoms with Crippen LogP contribution in [0.1, 0.15) is 83.3 Å². The van der Waals surface area contributed by atoms with Gasteiger partial charge in [-0.2, -0.15) is 5.26 Å². The number of pyridine rings is 1. The van der Waals surface area contributed by atoms with E-state index >= 15 is 0 Å². The minimum absolute atomic E-state index is 0.0444. The predicted octanol–water partition coefficient (Wildman–Crippen LogP) is 5.01. The maximum Gasteiger partial charge on any atom is 0.251 e. The molecular formula is C31H42N4O3. The number of aromatic amines is 1. The number of benzene rings is 1. The molecule has 2 N–H and O–H groups in total. The van der Waals surface area contributed by atoms with Crippen LogP contribution < -0.4 is 10.9 Å². The van der Waals surface area contributed by atoms with Crippen molar-refractivity contribution in [2.24, 2.45) is 17.3 Å². The van der Waals surface area contributed by atoms with Crippen LogP contribution >= 0.6 is 0 Å². The van der Waals surface area contributed by atoms with E-state index < -0.39 is 17.5 Å². The van der Waals surface area contributed by atoms with Crippen LogP contribution in [0, 0.1) is 35.5 Å². The maximum absolute atomic E-state index is 13.7. The molecule has 1 saturated carbocycles. The first-order valence-corrected chi connectivity index (χ1v) is 14.2. The number of fused-ring (bicyclic) bond motifs is 1. The van der Waals surface area contributed by atoms with Crippen LogP contribution in [0.5, 0.6) is 0 Å². The molecule has 2 aromatic rings. The first kappa shape index (κ1) is 27.9. The van der Waals surface area contributed by atoms with Crippen molar-refractivity contribution in [1.29, 1.82) is 5.26 Å². The lowest BCUT2D eigenvalue weighted by atomic mass is 9.77. The summed E-state index contributed by atoms with van der Waals surface area (Å²) in [5, 5.41) is 13.7. The Hall–Kier alpha value is -3.14. The summed E-state index contributed by atoms with van der Waals surface area (Å²) in [6.45, 7) is 8.67. The highest BCUT2D eigenvalue weighted by atomic mass is 16.2. The molecule has 38 heavy (non-hydrogen) atoms. The Morgan fingerprint density at radius 3 is 2.53 bits per heavy atom. The Morgan fingerprint density at radius 1 is 1.16 bits per heavy atom. The minimum atomic E-state index is -0.875. The lowest BCUT2D eigenvalue weighted by Gasteiger charge is -2.34. The smallest absolute Gasteiger partial charge is 0.251 e. The molecule has 4 rings (SSSR count). The number of aryl methyl sites for hydroxylation is 1. The number of rotatable bonds is 6. The van der Waals surface area contributed by atoms with Gasteiger partial charge in [0.15, 0.2) is 0 Å². The van der Waals surface area contributed by atoms with Crippen molar-refractivity contribution in [3.8, 4) is 6.07 Å². The number of aromatic nitrogens is 1. The van der Waals surface area contributed by atoms with Crippen molar-refractivity contribution in [1.82, 2.24) is 15.2 Å². The van der Waals surface area contributed by atoms with Crippen molar-refractivity contribution in [2.45, 2.75) is 97.6 Å². The van der Waals surface area contributed by atoms with Crippen LogP contribution in [-0.4, -0.2) is 40.3 Å². The largest absolute Gasteiger partial charge is 0.338 e. The number of carbonyl (C=O) groups is 2. The van der Waals surface area contributed by atoms with Gasteiger partial charge in [0.2, 0.25) is 11.8 Å². The molecule has 1 aliphatic carbocycles. The first-order valence-electron chi connectivity index (χ1n) is 14.2. The van der Waals surface area contributed by atoms with Crippen LogP contribution in [0.3, 0.4) is 0 Å². The van der Waals surface area contributed by atoms with E-state index in [1.165, 1.54) is 32.1 Å². The molecular weight excluding hydrogens is 476 g/mol. The summed E-state index contributed by atoms with van der Waals surface area (Å²) < 4.78 is 0. The molecule has 0 spiro atoms. The number of nitrogens with one attached hydrogen (secondary N) is 2. The fourth-order valence-corrected chi connectivity index (χ4v) is 6.26. The van der Waals surface area contributed by atoms with Gasteiger partial charge >= 0.3 is 0 Å². The lowest BCUT2D eigenvalue weighted by Crippen LogP contribution is -2.54. The third kappa shape index (κ3) is 6.11. The quantitative estimate of drug-likeness (QED) is 0.561. The van der Waals surface area contributed by atoms with Crippen LogP contribution in [0.25, 0.3) is 10.9 Å². The van der Waals surface area contributed by atoms with E-state index in [-0.39, 0.29) is 29.7 Å². The van der Waals surface area contributed by atoms with Gasteiger partial charge in [-0.25, -0.2) is 0 Å². The molecule has 1 aromatic heterocycles. The number of nitriles is 1. The number of nitrogens with zero attached hydrogens (tertiary/aromatic N) is 2. The highest BCUT2D eigenvalue weighted by Crippen LogP contribution is 2.42. The Kier molecular flexibility index (Phi) is 8.60. The van der Waals surface area contributed by atoms with Crippen molar-refractivity contribution in [3.05, 3.63) is 45.7 Å². The Morgan fingerprint density at radius 2 is 1.84 bits per heavy atom. The summed E-state index contributed by atoms with van der Waals surface area (Å²) >= 11 is 0. The van der Waals surface area contributed by atoms with Crippen LogP contribution in [0.4, 0.5) is 0 Å². The minimum Gasteiger partial charge on any atom is -0.338 e. The summed E-state index contributed by atoms with van der Waals surface area (Å²) in [5.41, 5.74) is 1.57. The van der Waals surface area contributed by atoms with Gasteiger partial charge in [0.05, 0.1) is 6.07 Å². The molecule has 0 radical (unpaired) electrons. The van der Waals surface area contributed by atoms with Crippen molar-refractivity contribution in [2.75, 3.05) is 6.54 Å².